The molecule has 26 heavy (non-hydrogen) atoms. The van der Waals surface area contributed by atoms with Crippen molar-refractivity contribution in [3.63, 3.8) is 0 Å². The number of benzene rings is 1. The van der Waals surface area contributed by atoms with E-state index in [9.17, 15) is 19.4 Å². The van der Waals surface area contributed by atoms with Crippen molar-refractivity contribution in [2.75, 3.05) is 24.5 Å². The number of hydrogen-bond donors (Lipinski definition) is 2. The number of aliphatic hydroxyl groups excluding tert-OH is 2. The summed E-state index contributed by atoms with van der Waals surface area (Å²) in [5, 5.41) is 19.8. The Bertz CT molecular complexity index is 680. The van der Waals surface area contributed by atoms with Crippen LogP contribution in [-0.2, 0) is 11.2 Å². The predicted molar refractivity (Wildman–Crippen MR) is 96.3 cm³/mol. The quantitative estimate of drug-likeness (QED) is 0.838. The Kier molecular flexibility index (Phi) is 4.75. The van der Waals surface area contributed by atoms with Gasteiger partial charge in [-0.25, -0.2) is 4.39 Å². The van der Waals surface area contributed by atoms with Crippen molar-refractivity contribution in [2.24, 2.45) is 11.8 Å². The molecule has 6 heteroatoms. The Balaban J connectivity index is 1.46. The molecule has 0 radical (unpaired) electrons. The zero-order chi connectivity index (χ0) is 18.4. The van der Waals surface area contributed by atoms with E-state index in [0.717, 1.165) is 37.2 Å². The number of aliphatic hydroxyl groups is 2. The zero-order valence-electron chi connectivity index (χ0n) is 15.1. The summed E-state index contributed by atoms with van der Waals surface area (Å²) >= 11 is 0. The Hall–Kier alpha value is -1.50. The molecule has 5 atom stereocenters. The van der Waals surface area contributed by atoms with Gasteiger partial charge in [-0.3, -0.25) is 9.69 Å². The van der Waals surface area contributed by atoms with Crippen LogP contribution in [-0.4, -0.2) is 58.9 Å². The summed E-state index contributed by atoms with van der Waals surface area (Å²) in [6.45, 7) is 3.96. The van der Waals surface area contributed by atoms with E-state index in [2.05, 4.69) is 4.90 Å². The van der Waals surface area contributed by atoms with Crippen LogP contribution in [0.4, 0.5) is 10.1 Å². The molecule has 0 aromatic heterocycles. The Morgan fingerprint density at radius 3 is 2.50 bits per heavy atom. The standard InChI is InChI=1S/C20H27FN2O3/c1-12-2-3-13-6-16(21)4-5-17(13)23(12)20(26)11-22-9-14-7-18(24)19(25)8-15(14)10-22/h4-6,12,14-15,18-19,24-25H,2-3,7-11H2,1H3/t12-,14-,15+,18+,19-/m0/s1. The number of hydrogen-bond acceptors (Lipinski definition) is 4. The van der Waals surface area contributed by atoms with Crippen LogP contribution in [0.15, 0.2) is 18.2 Å². The SMILES string of the molecule is C[C@H]1CCc2cc(F)ccc2N1C(=O)CN1C[C@H]2C[C@H](O)[C@H](O)C[C@H]2C1. The lowest BCUT2D eigenvalue weighted by atomic mass is 9.79. The molecule has 4 rings (SSSR count). The number of rotatable bonds is 2. The molecule has 1 amide bonds. The van der Waals surface area contributed by atoms with Gasteiger partial charge in [0.15, 0.2) is 0 Å². The van der Waals surface area contributed by atoms with Gasteiger partial charge < -0.3 is 15.1 Å². The van der Waals surface area contributed by atoms with Gasteiger partial charge in [-0.15, -0.1) is 0 Å². The Morgan fingerprint density at radius 1 is 1.19 bits per heavy atom. The molecule has 1 aromatic rings. The molecule has 1 aliphatic carbocycles. The molecule has 2 N–H and O–H groups in total. The van der Waals surface area contributed by atoms with Gasteiger partial charge in [-0.2, -0.15) is 0 Å². The number of carbonyl (C=O) groups excluding carboxylic acids is 1. The third-order valence-corrected chi connectivity index (χ3v) is 6.39. The molecule has 5 nitrogen and oxygen atoms in total. The molecular formula is C20H27FN2O3. The summed E-state index contributed by atoms with van der Waals surface area (Å²) in [5.74, 6) is 0.485. The molecule has 3 aliphatic rings. The number of nitrogens with zero attached hydrogens (tertiary/aromatic N) is 2. The minimum absolute atomic E-state index is 0.0461. The maximum Gasteiger partial charge on any atom is 0.241 e. The van der Waals surface area contributed by atoms with E-state index in [1.54, 1.807) is 6.07 Å². The van der Waals surface area contributed by atoms with Crippen molar-refractivity contribution < 1.29 is 19.4 Å². The van der Waals surface area contributed by atoms with Crippen molar-refractivity contribution >= 4 is 11.6 Å². The average molecular weight is 362 g/mol. The summed E-state index contributed by atoms with van der Waals surface area (Å²) in [5.41, 5.74) is 1.73. The van der Waals surface area contributed by atoms with E-state index in [4.69, 9.17) is 0 Å². The van der Waals surface area contributed by atoms with Crippen LogP contribution in [0.5, 0.6) is 0 Å². The fourth-order valence-corrected chi connectivity index (χ4v) is 5.00. The second-order valence-corrected chi connectivity index (χ2v) is 8.24. The first-order valence-electron chi connectivity index (χ1n) is 9.61. The molecular weight excluding hydrogens is 335 g/mol. The first-order valence-corrected chi connectivity index (χ1v) is 9.61. The van der Waals surface area contributed by atoms with Crippen LogP contribution in [0.3, 0.4) is 0 Å². The lowest BCUT2D eigenvalue weighted by Crippen LogP contribution is -2.46. The van der Waals surface area contributed by atoms with Crippen LogP contribution < -0.4 is 4.90 Å². The van der Waals surface area contributed by atoms with Crippen molar-refractivity contribution in [1.82, 2.24) is 4.90 Å². The Morgan fingerprint density at radius 2 is 1.85 bits per heavy atom. The first-order chi connectivity index (χ1) is 12.4. The maximum atomic E-state index is 13.5. The van der Waals surface area contributed by atoms with E-state index in [1.807, 2.05) is 11.8 Å². The third kappa shape index (κ3) is 3.26. The molecule has 0 unspecified atom stereocenters. The predicted octanol–water partition coefficient (Wildman–Crippen LogP) is 1.56. The molecule has 1 aromatic carbocycles. The summed E-state index contributed by atoms with van der Waals surface area (Å²) in [6, 6.07) is 4.78. The minimum Gasteiger partial charge on any atom is -0.390 e. The molecule has 0 spiro atoms. The van der Waals surface area contributed by atoms with Crippen LogP contribution in [0, 0.1) is 17.7 Å². The van der Waals surface area contributed by atoms with Crippen molar-refractivity contribution in [2.45, 2.75) is 50.9 Å². The van der Waals surface area contributed by atoms with E-state index in [-0.39, 0.29) is 17.8 Å². The van der Waals surface area contributed by atoms with Gasteiger partial charge >= 0.3 is 0 Å². The third-order valence-electron chi connectivity index (χ3n) is 6.39. The van der Waals surface area contributed by atoms with Crippen molar-refractivity contribution in [3.05, 3.63) is 29.6 Å². The molecule has 142 valence electrons. The molecule has 0 bridgehead atoms. The first kappa shape index (κ1) is 17.9. The smallest absolute Gasteiger partial charge is 0.241 e. The summed E-state index contributed by atoms with van der Waals surface area (Å²) in [7, 11) is 0. The monoisotopic (exact) mass is 362 g/mol. The van der Waals surface area contributed by atoms with Crippen LogP contribution >= 0.6 is 0 Å². The summed E-state index contributed by atoms with van der Waals surface area (Å²) in [6.07, 6.45) is 1.57. The van der Waals surface area contributed by atoms with Gasteiger partial charge in [0, 0.05) is 24.8 Å². The number of carbonyl (C=O) groups is 1. The van der Waals surface area contributed by atoms with Gasteiger partial charge in [0.05, 0.1) is 18.8 Å². The number of aryl methyl sites for hydroxylation is 1. The second-order valence-electron chi connectivity index (χ2n) is 8.24. The van der Waals surface area contributed by atoms with E-state index in [0.29, 0.717) is 31.2 Å². The highest BCUT2D eigenvalue weighted by molar-refractivity contribution is 5.96. The van der Waals surface area contributed by atoms with Crippen LogP contribution in [0.1, 0.15) is 31.7 Å². The molecule has 1 saturated carbocycles. The number of anilines is 1. The largest absolute Gasteiger partial charge is 0.390 e. The van der Waals surface area contributed by atoms with Gasteiger partial charge in [0.25, 0.3) is 0 Å². The zero-order valence-corrected chi connectivity index (χ0v) is 15.1. The fraction of sp³-hybridized carbons (Fsp3) is 0.650. The lowest BCUT2D eigenvalue weighted by molar-refractivity contribution is -0.120. The van der Waals surface area contributed by atoms with E-state index >= 15 is 0 Å². The average Bonchev–Trinajstić information content (AvgIpc) is 2.96. The molecule has 2 heterocycles. The van der Waals surface area contributed by atoms with Gasteiger partial charge in [-0.05, 0) is 68.2 Å². The lowest BCUT2D eigenvalue weighted by Gasteiger charge is -2.36. The maximum absolute atomic E-state index is 13.5. The summed E-state index contributed by atoms with van der Waals surface area (Å²) < 4.78 is 13.5. The van der Waals surface area contributed by atoms with Gasteiger partial charge in [0.1, 0.15) is 5.82 Å². The number of fused-ring (bicyclic) bond motifs is 2. The van der Waals surface area contributed by atoms with Gasteiger partial charge in [-0.1, -0.05) is 0 Å². The van der Waals surface area contributed by atoms with Crippen LogP contribution in [0.25, 0.3) is 0 Å². The molecule has 2 aliphatic heterocycles. The number of likely N-dealkylation sites (tertiary alicyclic amines) is 1. The molecule has 1 saturated heterocycles. The van der Waals surface area contributed by atoms with Crippen molar-refractivity contribution in [1.29, 1.82) is 0 Å². The topological polar surface area (TPSA) is 64.0 Å². The highest BCUT2D eigenvalue weighted by atomic mass is 19.1. The number of halogens is 1. The Labute approximate surface area is 153 Å². The minimum atomic E-state index is -0.643. The molecule has 2 fully saturated rings. The highest BCUT2D eigenvalue weighted by Gasteiger charge is 2.42. The van der Waals surface area contributed by atoms with E-state index < -0.39 is 12.2 Å². The van der Waals surface area contributed by atoms with Gasteiger partial charge in [0.2, 0.25) is 5.91 Å². The number of amides is 1. The fourth-order valence-electron chi connectivity index (χ4n) is 5.00. The highest BCUT2D eigenvalue weighted by Crippen LogP contribution is 2.37. The van der Waals surface area contributed by atoms with Crippen LogP contribution in [0.2, 0.25) is 0 Å². The van der Waals surface area contributed by atoms with E-state index in [1.165, 1.54) is 12.1 Å². The second kappa shape index (κ2) is 6.91. The van der Waals surface area contributed by atoms with Crippen molar-refractivity contribution in [3.8, 4) is 0 Å². The normalized spacial score (nSPS) is 34.5. The summed E-state index contributed by atoms with van der Waals surface area (Å²) in [4.78, 5) is 17.0.